The number of benzene rings is 7. The van der Waals surface area contributed by atoms with Crippen LogP contribution in [-0.2, 0) is 0 Å². The highest BCUT2D eigenvalue weighted by Gasteiger charge is 2.20. The van der Waals surface area contributed by atoms with Gasteiger partial charge in [0.25, 0.3) is 0 Å². The standard InChI is InChI=1S/C42H24N2O2/c1-2-10-26-21-27(18-17-25(26)9-1)29-22-34(40-33-13-5-8-16-37(33)46-39(40)24-29)42-43-35-14-6-3-12-32(35)41(44-42)28-19-20-31-30-11-4-7-15-36(30)45-38(31)23-28/h1-24H. The molecule has 0 fully saturated rings. The van der Waals surface area contributed by atoms with Crippen LogP contribution in [0.5, 0.6) is 0 Å². The van der Waals surface area contributed by atoms with Crippen molar-refractivity contribution in [2.45, 2.75) is 0 Å². The highest BCUT2D eigenvalue weighted by atomic mass is 16.3. The minimum Gasteiger partial charge on any atom is -0.456 e. The predicted octanol–water partition coefficient (Wildman–Crippen LogP) is 11.6. The van der Waals surface area contributed by atoms with Crippen LogP contribution in [0.25, 0.3) is 99.3 Å². The van der Waals surface area contributed by atoms with Crippen LogP contribution in [-0.4, -0.2) is 9.97 Å². The minimum atomic E-state index is 0.651. The molecule has 0 amide bonds. The fourth-order valence-corrected chi connectivity index (χ4v) is 6.86. The van der Waals surface area contributed by atoms with Crippen molar-refractivity contribution >= 4 is 65.6 Å². The molecule has 10 rings (SSSR count). The van der Waals surface area contributed by atoms with E-state index in [1.54, 1.807) is 0 Å². The second-order valence-electron chi connectivity index (χ2n) is 11.8. The van der Waals surface area contributed by atoms with Gasteiger partial charge in [0.1, 0.15) is 22.3 Å². The van der Waals surface area contributed by atoms with Gasteiger partial charge in [-0.25, -0.2) is 9.97 Å². The number of fused-ring (bicyclic) bond motifs is 8. The molecule has 0 aliphatic carbocycles. The molecular weight excluding hydrogens is 564 g/mol. The van der Waals surface area contributed by atoms with Crippen molar-refractivity contribution in [2.24, 2.45) is 0 Å². The van der Waals surface area contributed by atoms with E-state index in [0.717, 1.165) is 82.7 Å². The van der Waals surface area contributed by atoms with Crippen LogP contribution in [0.1, 0.15) is 0 Å². The summed E-state index contributed by atoms with van der Waals surface area (Å²) in [6.07, 6.45) is 0. The van der Waals surface area contributed by atoms with Crippen molar-refractivity contribution < 1.29 is 8.83 Å². The van der Waals surface area contributed by atoms with E-state index in [1.165, 1.54) is 10.8 Å². The lowest BCUT2D eigenvalue weighted by atomic mass is 9.96. The first-order valence-electron chi connectivity index (χ1n) is 15.4. The summed E-state index contributed by atoms with van der Waals surface area (Å²) in [6, 6.07) is 50.3. The molecule has 0 aliphatic heterocycles. The van der Waals surface area contributed by atoms with E-state index in [2.05, 4.69) is 97.1 Å². The van der Waals surface area contributed by atoms with Gasteiger partial charge in [-0.15, -0.1) is 0 Å². The summed E-state index contributed by atoms with van der Waals surface area (Å²) in [7, 11) is 0. The summed E-state index contributed by atoms with van der Waals surface area (Å²) in [4.78, 5) is 10.5. The summed E-state index contributed by atoms with van der Waals surface area (Å²) < 4.78 is 12.8. The van der Waals surface area contributed by atoms with E-state index in [1.807, 2.05) is 48.5 Å². The highest BCUT2D eigenvalue weighted by Crippen LogP contribution is 2.41. The van der Waals surface area contributed by atoms with E-state index in [0.29, 0.717) is 5.82 Å². The lowest BCUT2D eigenvalue weighted by Gasteiger charge is -2.12. The van der Waals surface area contributed by atoms with Gasteiger partial charge in [-0.3, -0.25) is 0 Å². The van der Waals surface area contributed by atoms with Crippen LogP contribution in [0.2, 0.25) is 0 Å². The summed E-state index contributed by atoms with van der Waals surface area (Å²) in [5, 5.41) is 7.63. The van der Waals surface area contributed by atoms with Gasteiger partial charge >= 0.3 is 0 Å². The molecule has 0 unspecified atom stereocenters. The van der Waals surface area contributed by atoms with Crippen molar-refractivity contribution in [1.29, 1.82) is 0 Å². The van der Waals surface area contributed by atoms with Crippen molar-refractivity contribution in [3.05, 3.63) is 146 Å². The Kier molecular flexibility index (Phi) is 5.25. The number of para-hydroxylation sites is 3. The molecule has 0 atom stereocenters. The maximum atomic E-state index is 6.48. The molecule has 10 aromatic rings. The Labute approximate surface area is 263 Å². The molecule has 3 heterocycles. The largest absolute Gasteiger partial charge is 0.456 e. The molecule has 0 N–H and O–H groups in total. The van der Waals surface area contributed by atoms with Gasteiger partial charge in [0.2, 0.25) is 0 Å². The molecule has 46 heavy (non-hydrogen) atoms. The Balaban J connectivity index is 1.25. The van der Waals surface area contributed by atoms with Crippen molar-refractivity contribution in [3.63, 3.8) is 0 Å². The predicted molar refractivity (Wildman–Crippen MR) is 188 cm³/mol. The summed E-state index contributed by atoms with van der Waals surface area (Å²) >= 11 is 0. The van der Waals surface area contributed by atoms with Gasteiger partial charge in [0.15, 0.2) is 5.82 Å². The molecule has 3 aromatic heterocycles. The van der Waals surface area contributed by atoms with E-state index in [-0.39, 0.29) is 0 Å². The molecule has 7 aromatic carbocycles. The third-order valence-corrected chi connectivity index (χ3v) is 9.06. The number of hydrogen-bond donors (Lipinski definition) is 0. The molecule has 0 aliphatic rings. The molecule has 0 radical (unpaired) electrons. The second kappa shape index (κ2) is 9.62. The normalized spacial score (nSPS) is 11.9. The van der Waals surface area contributed by atoms with Crippen LogP contribution in [0, 0.1) is 0 Å². The summed E-state index contributed by atoms with van der Waals surface area (Å²) in [5.41, 5.74) is 9.17. The number of aromatic nitrogens is 2. The molecule has 4 heteroatoms. The zero-order valence-corrected chi connectivity index (χ0v) is 24.6. The third-order valence-electron chi connectivity index (χ3n) is 9.06. The van der Waals surface area contributed by atoms with Gasteiger partial charge in [0, 0.05) is 38.1 Å². The van der Waals surface area contributed by atoms with Crippen molar-refractivity contribution in [1.82, 2.24) is 9.97 Å². The number of hydrogen-bond acceptors (Lipinski definition) is 4. The maximum absolute atomic E-state index is 6.48. The molecule has 0 spiro atoms. The van der Waals surface area contributed by atoms with Gasteiger partial charge in [-0.05, 0) is 70.4 Å². The molecule has 4 nitrogen and oxygen atoms in total. The highest BCUT2D eigenvalue weighted by molar-refractivity contribution is 6.14. The molecule has 0 saturated carbocycles. The van der Waals surface area contributed by atoms with Crippen LogP contribution in [0.15, 0.2) is 154 Å². The fourth-order valence-electron chi connectivity index (χ4n) is 6.86. The lowest BCUT2D eigenvalue weighted by Crippen LogP contribution is -1.96. The maximum Gasteiger partial charge on any atom is 0.161 e. The smallest absolute Gasteiger partial charge is 0.161 e. The Bertz CT molecular complexity index is 2820. The quantitative estimate of drug-likeness (QED) is 0.206. The van der Waals surface area contributed by atoms with Gasteiger partial charge in [0.05, 0.1) is 11.2 Å². The fraction of sp³-hybridized carbons (Fsp3) is 0. The first-order chi connectivity index (χ1) is 22.8. The van der Waals surface area contributed by atoms with Crippen LogP contribution >= 0.6 is 0 Å². The Morgan fingerprint density at radius 1 is 0.391 bits per heavy atom. The Hall–Kier alpha value is -6.26. The molecular formula is C42H24N2O2. The first-order valence-corrected chi connectivity index (χ1v) is 15.4. The molecule has 214 valence electrons. The van der Waals surface area contributed by atoms with Crippen LogP contribution in [0.4, 0.5) is 0 Å². The van der Waals surface area contributed by atoms with E-state index in [9.17, 15) is 0 Å². The second-order valence-corrected chi connectivity index (χ2v) is 11.8. The molecule has 0 bridgehead atoms. The Morgan fingerprint density at radius 3 is 1.93 bits per heavy atom. The van der Waals surface area contributed by atoms with Gasteiger partial charge in [-0.2, -0.15) is 0 Å². The number of rotatable bonds is 3. The lowest BCUT2D eigenvalue weighted by molar-refractivity contribution is 0.668. The van der Waals surface area contributed by atoms with Crippen LogP contribution < -0.4 is 0 Å². The van der Waals surface area contributed by atoms with Crippen LogP contribution in [0.3, 0.4) is 0 Å². The van der Waals surface area contributed by atoms with E-state index in [4.69, 9.17) is 18.8 Å². The minimum absolute atomic E-state index is 0.651. The zero-order valence-electron chi connectivity index (χ0n) is 24.6. The number of furan rings is 2. The summed E-state index contributed by atoms with van der Waals surface area (Å²) in [5.74, 6) is 0.651. The van der Waals surface area contributed by atoms with E-state index >= 15 is 0 Å². The average Bonchev–Trinajstić information content (AvgIpc) is 3.68. The monoisotopic (exact) mass is 588 g/mol. The van der Waals surface area contributed by atoms with Gasteiger partial charge in [-0.1, -0.05) is 97.1 Å². The SMILES string of the molecule is c1ccc2cc(-c3cc(-c4nc(-c5ccc6c(c5)oc5ccccc56)c5ccccc5n4)c4c(c3)oc3ccccc34)ccc2c1. The zero-order chi connectivity index (χ0) is 30.2. The van der Waals surface area contributed by atoms with Gasteiger partial charge < -0.3 is 8.83 Å². The first kappa shape index (κ1) is 25.1. The Morgan fingerprint density at radius 2 is 1.04 bits per heavy atom. The summed E-state index contributed by atoms with van der Waals surface area (Å²) in [6.45, 7) is 0. The van der Waals surface area contributed by atoms with Crippen molar-refractivity contribution in [2.75, 3.05) is 0 Å². The topological polar surface area (TPSA) is 52.1 Å². The third kappa shape index (κ3) is 3.80. The van der Waals surface area contributed by atoms with E-state index < -0.39 is 0 Å². The number of nitrogens with zero attached hydrogens (tertiary/aromatic N) is 2. The van der Waals surface area contributed by atoms with Crippen molar-refractivity contribution in [3.8, 4) is 33.8 Å². The average molecular weight is 589 g/mol. The molecule has 0 saturated heterocycles.